The maximum atomic E-state index is 3.39. The topological polar surface area (TPSA) is 0 Å². The lowest BCUT2D eigenvalue weighted by Gasteiger charge is -2.39. The molecule has 0 aliphatic rings. The second-order valence-corrected chi connectivity index (χ2v) is 12.8. The van der Waals surface area contributed by atoms with Gasteiger partial charge in [-0.1, -0.05) is 175 Å². The van der Waals surface area contributed by atoms with Gasteiger partial charge in [-0.3, -0.25) is 0 Å². The Bertz CT molecular complexity index is 908. The molecule has 0 aromatic heterocycles. The first-order valence-electron chi connectivity index (χ1n) is 15.6. The van der Waals surface area contributed by atoms with E-state index in [2.05, 4.69) is 107 Å². The molecule has 0 amide bonds. The highest BCUT2D eigenvalue weighted by Gasteiger charge is 2.34. The van der Waals surface area contributed by atoms with Gasteiger partial charge in [0.15, 0.2) is 0 Å². The Morgan fingerprint density at radius 3 is 1.29 bits per heavy atom. The lowest BCUT2D eigenvalue weighted by atomic mass is 9.75. The summed E-state index contributed by atoms with van der Waals surface area (Å²) in [4.78, 5) is 0. The van der Waals surface area contributed by atoms with Gasteiger partial charge in [-0.25, -0.2) is 0 Å². The van der Waals surface area contributed by atoms with Crippen molar-refractivity contribution < 1.29 is 0 Å². The lowest BCUT2D eigenvalue weighted by molar-refractivity contribution is 0.330. The maximum absolute atomic E-state index is 3.39. The minimum absolute atomic E-state index is 0.135. The van der Waals surface area contributed by atoms with Gasteiger partial charge in [-0.15, -0.1) is 9.24 Å². The molecule has 0 spiro atoms. The Labute approximate surface area is 237 Å². The van der Waals surface area contributed by atoms with Crippen molar-refractivity contribution >= 4 is 9.24 Å². The van der Waals surface area contributed by atoms with Gasteiger partial charge in [0.1, 0.15) is 0 Å². The highest BCUT2D eigenvalue weighted by molar-refractivity contribution is 7.19. The summed E-state index contributed by atoms with van der Waals surface area (Å²) in [6.07, 6.45) is 21.6. The van der Waals surface area contributed by atoms with Gasteiger partial charge >= 0.3 is 0 Å². The summed E-state index contributed by atoms with van der Waals surface area (Å²) in [7, 11) is 3.39. The summed E-state index contributed by atoms with van der Waals surface area (Å²) >= 11 is 0. The van der Waals surface area contributed by atoms with E-state index in [4.69, 9.17) is 0 Å². The Morgan fingerprint density at radius 2 is 0.868 bits per heavy atom. The fraction of sp³-hybridized carbons (Fsp3) is 0.514. The number of rotatable bonds is 20. The molecule has 2 atom stereocenters. The van der Waals surface area contributed by atoms with Gasteiger partial charge in [-0.05, 0) is 53.4 Å². The highest BCUT2D eigenvalue weighted by Crippen LogP contribution is 2.40. The van der Waals surface area contributed by atoms with E-state index >= 15 is 0 Å². The van der Waals surface area contributed by atoms with E-state index in [-0.39, 0.29) is 5.16 Å². The number of benzene rings is 3. The predicted octanol–water partition coefficient (Wildman–Crippen LogP) is 11.0. The van der Waals surface area contributed by atoms with Crippen LogP contribution in [0.1, 0.15) is 107 Å². The van der Waals surface area contributed by atoms with Crippen LogP contribution in [0.15, 0.2) is 91.0 Å². The van der Waals surface area contributed by atoms with Crippen LogP contribution in [0.3, 0.4) is 0 Å². The van der Waals surface area contributed by atoms with Crippen LogP contribution in [-0.4, -0.2) is 5.16 Å². The molecule has 0 N–H and O–H groups in total. The molecule has 0 saturated heterocycles. The molecule has 0 nitrogen and oxygen atoms in total. The highest BCUT2D eigenvalue weighted by atomic mass is 31.0. The summed E-state index contributed by atoms with van der Waals surface area (Å²) in [6.45, 7) is 2.30. The van der Waals surface area contributed by atoms with Gasteiger partial charge in [0.05, 0.1) is 0 Å². The van der Waals surface area contributed by atoms with Crippen LogP contribution in [0, 0.1) is 5.92 Å². The molecule has 0 aliphatic heterocycles. The van der Waals surface area contributed by atoms with E-state index in [9.17, 15) is 0 Å². The molecule has 0 aliphatic carbocycles. The van der Waals surface area contributed by atoms with Gasteiger partial charge in [0.25, 0.3) is 0 Å². The van der Waals surface area contributed by atoms with Gasteiger partial charge in [0, 0.05) is 0 Å². The molecule has 0 saturated carbocycles. The Hall–Kier alpha value is -1.91. The zero-order chi connectivity index (χ0) is 26.7. The third kappa shape index (κ3) is 11.9. The molecular weight excluding hydrogens is 475 g/mol. The second-order valence-electron chi connectivity index (χ2n) is 11.6. The minimum atomic E-state index is 0.135. The average molecular weight is 529 g/mol. The van der Waals surface area contributed by atoms with Crippen molar-refractivity contribution in [2.75, 3.05) is 0 Å². The zero-order valence-corrected chi connectivity index (χ0v) is 25.3. The van der Waals surface area contributed by atoms with Gasteiger partial charge < -0.3 is 0 Å². The minimum Gasteiger partial charge on any atom is -0.130 e. The largest absolute Gasteiger partial charge is 0.130 e. The smallest absolute Gasteiger partial charge is 0.00385 e. The summed E-state index contributed by atoms with van der Waals surface area (Å²) < 4.78 is 0. The molecular formula is C37H53P. The third-order valence-corrected chi connectivity index (χ3v) is 9.18. The van der Waals surface area contributed by atoms with Gasteiger partial charge in [0.2, 0.25) is 0 Å². The zero-order valence-electron chi connectivity index (χ0n) is 24.1. The molecule has 0 radical (unpaired) electrons. The van der Waals surface area contributed by atoms with E-state index in [0.29, 0.717) is 5.92 Å². The molecule has 2 unspecified atom stereocenters. The molecule has 206 valence electrons. The van der Waals surface area contributed by atoms with E-state index in [1.54, 1.807) is 0 Å². The standard InChI is InChI=1S/C37H53P/c1-2-3-4-5-6-7-8-9-10-11-12-22-29-36(30-33-23-16-13-17-24-33)37(38,31-34-25-18-14-19-26-34)32-35-27-20-15-21-28-35/h13-21,23-28,36H,2-12,22,29-32,38H2,1H3. The first-order valence-corrected chi connectivity index (χ1v) is 16.2. The van der Waals surface area contributed by atoms with E-state index in [1.807, 2.05) is 0 Å². The average Bonchev–Trinajstić information content (AvgIpc) is 2.94. The fourth-order valence-corrected chi connectivity index (χ4v) is 6.78. The van der Waals surface area contributed by atoms with Crippen molar-refractivity contribution in [1.82, 2.24) is 0 Å². The van der Waals surface area contributed by atoms with Crippen LogP contribution >= 0.6 is 9.24 Å². The predicted molar refractivity (Wildman–Crippen MR) is 172 cm³/mol. The quantitative estimate of drug-likeness (QED) is 0.101. The van der Waals surface area contributed by atoms with E-state index < -0.39 is 0 Å². The SMILES string of the molecule is CCCCCCCCCCCCCCC(Cc1ccccc1)C(P)(Cc1ccccc1)Cc1ccccc1. The summed E-state index contributed by atoms with van der Waals surface area (Å²) in [5.41, 5.74) is 4.38. The molecule has 3 aromatic carbocycles. The molecule has 1 heteroatoms. The molecule has 0 bridgehead atoms. The van der Waals surface area contributed by atoms with Crippen molar-refractivity contribution in [1.29, 1.82) is 0 Å². The third-order valence-electron chi connectivity index (χ3n) is 8.30. The Balaban J connectivity index is 1.58. The normalized spacial score (nSPS) is 12.5. The molecule has 3 aromatic rings. The van der Waals surface area contributed by atoms with Crippen molar-refractivity contribution in [3.63, 3.8) is 0 Å². The molecule has 38 heavy (non-hydrogen) atoms. The lowest BCUT2D eigenvalue weighted by Crippen LogP contribution is -2.38. The summed E-state index contributed by atoms with van der Waals surface area (Å²) in [5, 5.41) is 0.135. The molecule has 0 heterocycles. The molecule has 3 rings (SSSR count). The Kier molecular flexibility index (Phi) is 14.8. The second kappa shape index (κ2) is 18.4. The summed E-state index contributed by atoms with van der Waals surface area (Å²) in [6, 6.07) is 33.5. The number of unbranched alkanes of at least 4 members (excludes halogenated alkanes) is 11. The van der Waals surface area contributed by atoms with Crippen LogP contribution < -0.4 is 0 Å². The van der Waals surface area contributed by atoms with Crippen LogP contribution in [-0.2, 0) is 19.3 Å². The summed E-state index contributed by atoms with van der Waals surface area (Å²) in [5.74, 6) is 0.624. The fourth-order valence-electron chi connectivity index (χ4n) is 6.03. The maximum Gasteiger partial charge on any atom is -0.00385 e. The van der Waals surface area contributed by atoms with Crippen LogP contribution in [0.5, 0.6) is 0 Å². The van der Waals surface area contributed by atoms with Gasteiger partial charge in [-0.2, -0.15) is 0 Å². The Morgan fingerprint density at radius 1 is 0.500 bits per heavy atom. The monoisotopic (exact) mass is 528 g/mol. The first kappa shape index (κ1) is 30.6. The molecule has 0 fully saturated rings. The van der Waals surface area contributed by atoms with Crippen molar-refractivity contribution in [3.8, 4) is 0 Å². The van der Waals surface area contributed by atoms with Crippen LogP contribution in [0.2, 0.25) is 0 Å². The van der Waals surface area contributed by atoms with Crippen LogP contribution in [0.25, 0.3) is 0 Å². The first-order chi connectivity index (χ1) is 18.7. The van der Waals surface area contributed by atoms with E-state index in [0.717, 1.165) is 19.3 Å². The van der Waals surface area contributed by atoms with Crippen molar-refractivity contribution in [2.24, 2.45) is 5.92 Å². The van der Waals surface area contributed by atoms with Crippen molar-refractivity contribution in [2.45, 2.75) is 115 Å². The van der Waals surface area contributed by atoms with Crippen LogP contribution in [0.4, 0.5) is 0 Å². The van der Waals surface area contributed by atoms with E-state index in [1.165, 1.54) is 100 Å². The van der Waals surface area contributed by atoms with Crippen molar-refractivity contribution in [3.05, 3.63) is 108 Å². The number of hydrogen-bond acceptors (Lipinski definition) is 0. The number of hydrogen-bond donors (Lipinski definition) is 0.